The molecule has 1 saturated heterocycles. The molecule has 3 aromatic rings. The molecule has 6 nitrogen and oxygen atoms in total. The summed E-state index contributed by atoms with van der Waals surface area (Å²) >= 11 is 0. The zero-order valence-electron chi connectivity index (χ0n) is 20.5. The van der Waals surface area contributed by atoms with E-state index >= 15 is 0 Å². The minimum Gasteiger partial charge on any atom is -0.497 e. The Morgan fingerprint density at radius 1 is 1.19 bits per heavy atom. The summed E-state index contributed by atoms with van der Waals surface area (Å²) in [6.45, 7) is 2.34. The lowest BCUT2D eigenvalue weighted by molar-refractivity contribution is 0.00175. The maximum atomic E-state index is 13.8. The summed E-state index contributed by atoms with van der Waals surface area (Å²) in [7, 11) is 1.65. The Morgan fingerprint density at radius 3 is 2.92 bits per heavy atom. The Morgan fingerprint density at radius 2 is 2.08 bits per heavy atom. The van der Waals surface area contributed by atoms with Gasteiger partial charge in [-0.2, -0.15) is 0 Å². The van der Waals surface area contributed by atoms with Gasteiger partial charge in [0.2, 0.25) is 0 Å². The van der Waals surface area contributed by atoms with Gasteiger partial charge >= 0.3 is 0 Å². The van der Waals surface area contributed by atoms with Crippen molar-refractivity contribution in [2.24, 2.45) is 11.3 Å². The van der Waals surface area contributed by atoms with Gasteiger partial charge in [-0.1, -0.05) is 12.2 Å². The van der Waals surface area contributed by atoms with E-state index in [9.17, 15) is 13.9 Å². The third-order valence-corrected chi connectivity index (χ3v) is 7.89. The fourth-order valence-corrected chi connectivity index (χ4v) is 5.87. The van der Waals surface area contributed by atoms with Gasteiger partial charge in [0.05, 0.1) is 19.2 Å². The second-order valence-electron chi connectivity index (χ2n) is 9.96. The number of nitrogens with one attached hydrogen (secondary N) is 1. The zero-order valence-corrected chi connectivity index (χ0v) is 20.5. The van der Waals surface area contributed by atoms with Crippen molar-refractivity contribution in [3.05, 3.63) is 66.0 Å². The van der Waals surface area contributed by atoms with Crippen molar-refractivity contribution in [1.29, 1.82) is 0 Å². The van der Waals surface area contributed by atoms with E-state index in [4.69, 9.17) is 4.74 Å². The Bertz CT molecular complexity index is 1250. The van der Waals surface area contributed by atoms with Crippen molar-refractivity contribution in [2.75, 3.05) is 38.3 Å². The first-order valence-electron chi connectivity index (χ1n) is 12.5. The van der Waals surface area contributed by atoms with Crippen LogP contribution in [-0.4, -0.2) is 54.5 Å². The number of methoxy groups -OCH3 is 1. The topological polar surface area (TPSA) is 70.5 Å². The molecular weight excluding hydrogens is 462 g/mol. The van der Waals surface area contributed by atoms with Gasteiger partial charge in [-0.15, -0.1) is 0 Å². The SMILES string of the molecule is COc1ccc2ncnc(N3CCC4CC(NCC=Cc5cc(F)ccc5F)CCC4(CO)C3)c2c1. The molecule has 1 aliphatic carbocycles. The highest BCUT2D eigenvalue weighted by atomic mass is 19.1. The predicted octanol–water partition coefficient (Wildman–Crippen LogP) is 4.58. The first-order chi connectivity index (χ1) is 17.5. The molecule has 0 radical (unpaired) electrons. The Balaban J connectivity index is 1.24. The van der Waals surface area contributed by atoms with Gasteiger partial charge in [0.15, 0.2) is 0 Å². The minimum atomic E-state index is -0.447. The number of aliphatic hydroxyl groups is 1. The summed E-state index contributed by atoms with van der Waals surface area (Å²) in [6.07, 6.45) is 8.87. The minimum absolute atomic E-state index is 0.145. The van der Waals surface area contributed by atoms with Gasteiger partial charge in [-0.25, -0.2) is 18.7 Å². The van der Waals surface area contributed by atoms with E-state index in [1.54, 1.807) is 19.5 Å². The van der Waals surface area contributed by atoms with Crippen molar-refractivity contribution in [1.82, 2.24) is 15.3 Å². The summed E-state index contributed by atoms with van der Waals surface area (Å²) in [5.74, 6) is 1.18. The molecule has 2 aromatic carbocycles. The first kappa shape index (κ1) is 24.6. The lowest BCUT2D eigenvalue weighted by atomic mass is 9.62. The van der Waals surface area contributed by atoms with Crippen molar-refractivity contribution < 1.29 is 18.6 Å². The average Bonchev–Trinajstić information content (AvgIpc) is 2.91. The van der Waals surface area contributed by atoms with Crippen LogP contribution in [0.3, 0.4) is 0 Å². The highest BCUT2D eigenvalue weighted by molar-refractivity contribution is 5.90. The van der Waals surface area contributed by atoms with Crippen LogP contribution in [0, 0.1) is 23.0 Å². The molecule has 36 heavy (non-hydrogen) atoms. The number of hydrogen-bond donors (Lipinski definition) is 2. The van der Waals surface area contributed by atoms with Crippen molar-refractivity contribution in [3.63, 3.8) is 0 Å². The van der Waals surface area contributed by atoms with Crippen molar-refractivity contribution >= 4 is 22.8 Å². The average molecular weight is 495 g/mol. The number of piperidine rings is 1. The van der Waals surface area contributed by atoms with Crippen LogP contribution in [-0.2, 0) is 0 Å². The van der Waals surface area contributed by atoms with Gasteiger partial charge in [0.25, 0.3) is 0 Å². The van der Waals surface area contributed by atoms with Crippen molar-refractivity contribution in [2.45, 2.75) is 31.7 Å². The molecule has 2 aliphatic rings. The predicted molar refractivity (Wildman–Crippen MR) is 137 cm³/mol. The van der Waals surface area contributed by atoms with Gasteiger partial charge in [-0.3, -0.25) is 0 Å². The van der Waals surface area contributed by atoms with Crippen LogP contribution >= 0.6 is 0 Å². The van der Waals surface area contributed by atoms with Crippen molar-refractivity contribution in [3.8, 4) is 5.75 Å². The van der Waals surface area contributed by atoms with Gasteiger partial charge in [0, 0.05) is 42.0 Å². The zero-order chi connectivity index (χ0) is 25.1. The number of nitrogens with zero attached hydrogens (tertiary/aromatic N) is 3. The molecule has 0 bridgehead atoms. The number of aromatic nitrogens is 2. The monoisotopic (exact) mass is 494 g/mol. The Hall–Kier alpha value is -3.10. The van der Waals surface area contributed by atoms with E-state index in [-0.39, 0.29) is 17.6 Å². The quantitative estimate of drug-likeness (QED) is 0.501. The fourth-order valence-electron chi connectivity index (χ4n) is 5.87. The Kier molecular flexibility index (Phi) is 7.16. The molecule has 2 fully saturated rings. The Labute approximate surface area is 210 Å². The number of anilines is 1. The van der Waals surface area contributed by atoms with Crippen LogP contribution in [0.15, 0.2) is 48.8 Å². The van der Waals surface area contributed by atoms with Gasteiger partial charge < -0.3 is 20.1 Å². The van der Waals surface area contributed by atoms with Crippen LogP contribution in [0.25, 0.3) is 17.0 Å². The molecule has 1 saturated carbocycles. The molecule has 2 N–H and O–H groups in total. The normalized spacial score (nSPS) is 24.3. The molecular formula is C28H32F2N4O2. The van der Waals surface area contributed by atoms with Crippen LogP contribution in [0.5, 0.6) is 5.75 Å². The second kappa shape index (κ2) is 10.5. The highest BCUT2D eigenvalue weighted by Crippen LogP contribution is 2.47. The number of halogens is 2. The number of aliphatic hydroxyl groups excluding tert-OH is 1. The fraction of sp³-hybridized carbons (Fsp3) is 0.429. The maximum absolute atomic E-state index is 13.8. The van der Waals surface area contributed by atoms with Crippen LogP contribution in [0.4, 0.5) is 14.6 Å². The molecule has 2 heterocycles. The summed E-state index contributed by atoms with van der Waals surface area (Å²) in [5.41, 5.74) is 0.953. The molecule has 190 valence electrons. The summed E-state index contributed by atoms with van der Waals surface area (Å²) in [5, 5.41) is 15.0. The van der Waals surface area contributed by atoms with Gasteiger partial charge in [-0.05, 0) is 68.0 Å². The largest absolute Gasteiger partial charge is 0.497 e. The van der Waals surface area contributed by atoms with E-state index < -0.39 is 11.6 Å². The summed E-state index contributed by atoms with van der Waals surface area (Å²) < 4.78 is 32.6. The number of benzene rings is 2. The molecule has 0 spiro atoms. The third kappa shape index (κ3) is 4.92. The highest BCUT2D eigenvalue weighted by Gasteiger charge is 2.47. The van der Waals surface area contributed by atoms with E-state index in [2.05, 4.69) is 20.2 Å². The molecule has 1 aliphatic heterocycles. The third-order valence-electron chi connectivity index (χ3n) is 7.89. The maximum Gasteiger partial charge on any atom is 0.140 e. The first-order valence-corrected chi connectivity index (χ1v) is 12.5. The number of fused-ring (bicyclic) bond motifs is 2. The number of hydrogen-bond acceptors (Lipinski definition) is 6. The van der Waals surface area contributed by atoms with E-state index in [1.165, 1.54) is 6.07 Å². The smallest absolute Gasteiger partial charge is 0.140 e. The molecule has 5 rings (SSSR count). The van der Waals surface area contributed by atoms with Crippen LogP contribution in [0.2, 0.25) is 0 Å². The molecule has 8 heteroatoms. The van der Waals surface area contributed by atoms with E-state index in [1.807, 2.05) is 24.3 Å². The van der Waals surface area contributed by atoms with Crippen LogP contribution in [0.1, 0.15) is 31.2 Å². The summed E-state index contributed by atoms with van der Waals surface area (Å²) in [6, 6.07) is 9.62. The summed E-state index contributed by atoms with van der Waals surface area (Å²) in [4.78, 5) is 11.3. The molecule has 0 amide bonds. The van der Waals surface area contributed by atoms with Crippen LogP contribution < -0.4 is 15.0 Å². The number of ether oxygens (including phenoxy) is 1. The molecule has 3 unspecified atom stereocenters. The lowest BCUT2D eigenvalue weighted by Crippen LogP contribution is -2.55. The number of rotatable bonds is 7. The molecule has 3 atom stereocenters. The molecule has 1 aromatic heterocycles. The standard InChI is InChI=1S/C28H32F2N4O2/c1-36-23-5-7-26-24(15-23)27(33-18-32-26)34-12-9-20-14-22(8-10-28(20,16-34)17-35)31-11-2-3-19-13-21(29)4-6-25(19)30/h2-7,13,15,18,20,22,31,35H,8-12,14,16-17H2,1H3. The van der Waals surface area contributed by atoms with E-state index in [0.717, 1.165) is 73.4 Å². The lowest BCUT2D eigenvalue weighted by Gasteiger charge is -2.52. The second-order valence-corrected chi connectivity index (χ2v) is 9.96. The van der Waals surface area contributed by atoms with Gasteiger partial charge in [0.1, 0.15) is 29.5 Å². The van der Waals surface area contributed by atoms with E-state index in [0.29, 0.717) is 18.5 Å².